The molecule has 3 heterocycles. The van der Waals surface area contributed by atoms with Gasteiger partial charge in [0, 0.05) is 42.8 Å². The van der Waals surface area contributed by atoms with Gasteiger partial charge in [0.25, 0.3) is 0 Å². The van der Waals surface area contributed by atoms with Crippen molar-refractivity contribution in [3.63, 3.8) is 0 Å². The predicted molar refractivity (Wildman–Crippen MR) is 107 cm³/mol. The first-order valence-corrected chi connectivity index (χ1v) is 9.41. The average molecular weight is 374 g/mol. The van der Waals surface area contributed by atoms with Crippen LogP contribution in [0.4, 0.5) is 5.82 Å². The van der Waals surface area contributed by atoms with Gasteiger partial charge in [0.15, 0.2) is 5.82 Å². The standard InChI is InChI=1S/C22H22N4O2/c1-3-28-22(27)19-14-26(13-17-7-4-5-9-18(17)19)20-11-15(2)24-21(25-20)16-8-6-10-23-12-16/h4-12,19H,3,13-14H2,1-2H3/t19-/m0/s1. The van der Waals surface area contributed by atoms with Crippen LogP contribution in [0.5, 0.6) is 0 Å². The normalized spacial score (nSPS) is 15.8. The van der Waals surface area contributed by atoms with E-state index in [0.29, 0.717) is 25.5 Å². The second-order valence-electron chi connectivity index (χ2n) is 6.82. The maximum atomic E-state index is 12.6. The molecule has 0 radical (unpaired) electrons. The third-order valence-electron chi connectivity index (χ3n) is 4.85. The SMILES string of the molecule is CCOC(=O)[C@H]1CN(c2cc(C)nc(-c3cccnc3)n2)Cc2ccccc21. The predicted octanol–water partition coefficient (Wildman–Crippen LogP) is 3.51. The molecule has 0 fully saturated rings. The zero-order chi connectivity index (χ0) is 19.5. The summed E-state index contributed by atoms with van der Waals surface area (Å²) in [4.78, 5) is 28.2. The van der Waals surface area contributed by atoms with Gasteiger partial charge in [-0.1, -0.05) is 24.3 Å². The number of benzene rings is 1. The van der Waals surface area contributed by atoms with Crippen molar-refractivity contribution >= 4 is 11.8 Å². The minimum atomic E-state index is -0.331. The van der Waals surface area contributed by atoms with Crippen LogP contribution in [-0.4, -0.2) is 34.1 Å². The fourth-order valence-corrected chi connectivity index (χ4v) is 3.56. The number of esters is 1. The molecule has 6 heteroatoms. The van der Waals surface area contributed by atoms with E-state index in [1.54, 1.807) is 12.4 Å². The smallest absolute Gasteiger partial charge is 0.315 e. The van der Waals surface area contributed by atoms with Gasteiger partial charge in [0.2, 0.25) is 0 Å². The summed E-state index contributed by atoms with van der Waals surface area (Å²) < 4.78 is 5.33. The molecular formula is C22H22N4O2. The Bertz CT molecular complexity index is 991. The van der Waals surface area contributed by atoms with Crippen molar-refractivity contribution in [2.45, 2.75) is 26.3 Å². The Morgan fingerprint density at radius 3 is 2.86 bits per heavy atom. The maximum Gasteiger partial charge on any atom is 0.315 e. The molecule has 0 saturated heterocycles. The van der Waals surface area contributed by atoms with Crippen molar-refractivity contribution in [3.8, 4) is 11.4 Å². The van der Waals surface area contributed by atoms with Gasteiger partial charge in [0.05, 0.1) is 12.5 Å². The van der Waals surface area contributed by atoms with E-state index in [1.165, 1.54) is 0 Å². The van der Waals surface area contributed by atoms with Gasteiger partial charge in [-0.2, -0.15) is 0 Å². The number of anilines is 1. The zero-order valence-electron chi connectivity index (χ0n) is 16.0. The largest absolute Gasteiger partial charge is 0.465 e. The first-order valence-electron chi connectivity index (χ1n) is 9.41. The van der Waals surface area contributed by atoms with Crippen LogP contribution in [-0.2, 0) is 16.1 Å². The van der Waals surface area contributed by atoms with E-state index in [1.807, 2.05) is 50.2 Å². The second-order valence-corrected chi connectivity index (χ2v) is 6.82. The summed E-state index contributed by atoms with van der Waals surface area (Å²) in [6.07, 6.45) is 3.48. The summed E-state index contributed by atoms with van der Waals surface area (Å²) in [5, 5.41) is 0. The number of hydrogen-bond acceptors (Lipinski definition) is 6. The molecule has 2 aromatic heterocycles. The molecule has 3 aromatic rings. The number of carbonyl (C=O) groups is 1. The van der Waals surface area contributed by atoms with Gasteiger partial charge in [0.1, 0.15) is 5.82 Å². The Labute approximate surface area is 164 Å². The molecule has 0 aliphatic carbocycles. The molecule has 1 aromatic carbocycles. The van der Waals surface area contributed by atoms with E-state index in [0.717, 1.165) is 28.2 Å². The van der Waals surface area contributed by atoms with E-state index in [2.05, 4.69) is 20.9 Å². The summed E-state index contributed by atoms with van der Waals surface area (Å²) in [5.74, 6) is 0.907. The third-order valence-corrected chi connectivity index (χ3v) is 4.85. The Morgan fingerprint density at radius 2 is 2.07 bits per heavy atom. The number of aromatic nitrogens is 3. The van der Waals surface area contributed by atoms with Crippen LogP contribution in [0.2, 0.25) is 0 Å². The molecular weight excluding hydrogens is 352 g/mol. The zero-order valence-corrected chi connectivity index (χ0v) is 16.0. The minimum Gasteiger partial charge on any atom is -0.465 e. The van der Waals surface area contributed by atoms with E-state index in [-0.39, 0.29) is 11.9 Å². The lowest BCUT2D eigenvalue weighted by Crippen LogP contribution is -2.38. The monoisotopic (exact) mass is 374 g/mol. The van der Waals surface area contributed by atoms with Gasteiger partial charge in [-0.25, -0.2) is 9.97 Å². The number of pyridine rings is 1. The van der Waals surface area contributed by atoms with E-state index >= 15 is 0 Å². The fourth-order valence-electron chi connectivity index (χ4n) is 3.56. The van der Waals surface area contributed by atoms with Gasteiger partial charge in [-0.3, -0.25) is 9.78 Å². The number of carbonyl (C=O) groups excluding carboxylic acids is 1. The highest BCUT2D eigenvalue weighted by atomic mass is 16.5. The number of ether oxygens (including phenoxy) is 1. The van der Waals surface area contributed by atoms with Crippen molar-refractivity contribution in [2.24, 2.45) is 0 Å². The molecule has 0 unspecified atom stereocenters. The molecule has 0 spiro atoms. The van der Waals surface area contributed by atoms with Gasteiger partial charge >= 0.3 is 5.97 Å². The molecule has 0 saturated carbocycles. The average Bonchev–Trinajstić information content (AvgIpc) is 2.73. The topological polar surface area (TPSA) is 68.2 Å². The summed E-state index contributed by atoms with van der Waals surface area (Å²) in [7, 11) is 0. The van der Waals surface area contributed by atoms with Gasteiger partial charge < -0.3 is 9.64 Å². The lowest BCUT2D eigenvalue weighted by Gasteiger charge is -2.34. The second kappa shape index (κ2) is 7.76. The third kappa shape index (κ3) is 3.58. The van der Waals surface area contributed by atoms with Crippen molar-refractivity contribution < 1.29 is 9.53 Å². The van der Waals surface area contributed by atoms with Gasteiger partial charge in [-0.15, -0.1) is 0 Å². The molecule has 0 amide bonds. The lowest BCUT2D eigenvalue weighted by atomic mass is 9.89. The summed E-state index contributed by atoms with van der Waals surface area (Å²) >= 11 is 0. The highest BCUT2D eigenvalue weighted by molar-refractivity contribution is 5.80. The molecule has 4 rings (SSSR count). The first-order chi connectivity index (χ1) is 13.7. The highest BCUT2D eigenvalue weighted by Gasteiger charge is 2.32. The van der Waals surface area contributed by atoms with Crippen LogP contribution in [0.1, 0.15) is 29.7 Å². The number of nitrogens with zero attached hydrogens (tertiary/aromatic N) is 4. The molecule has 1 atom stereocenters. The lowest BCUT2D eigenvalue weighted by molar-refractivity contribution is -0.144. The molecule has 1 aliphatic heterocycles. The van der Waals surface area contributed by atoms with Crippen molar-refractivity contribution in [2.75, 3.05) is 18.1 Å². The fraction of sp³-hybridized carbons (Fsp3) is 0.273. The number of hydrogen-bond donors (Lipinski definition) is 0. The van der Waals surface area contributed by atoms with E-state index in [4.69, 9.17) is 9.72 Å². The molecule has 28 heavy (non-hydrogen) atoms. The Hall–Kier alpha value is -3.28. The summed E-state index contributed by atoms with van der Waals surface area (Å²) in [6, 6.07) is 13.8. The van der Waals surface area contributed by atoms with E-state index in [9.17, 15) is 4.79 Å². The van der Waals surface area contributed by atoms with Gasteiger partial charge in [-0.05, 0) is 37.1 Å². The van der Waals surface area contributed by atoms with Crippen LogP contribution >= 0.6 is 0 Å². The van der Waals surface area contributed by atoms with Crippen molar-refractivity contribution in [1.82, 2.24) is 15.0 Å². The Kier molecular flexibility index (Phi) is 5.02. The van der Waals surface area contributed by atoms with Crippen molar-refractivity contribution in [3.05, 3.63) is 71.7 Å². The minimum absolute atomic E-state index is 0.196. The number of rotatable bonds is 4. The number of fused-ring (bicyclic) bond motifs is 1. The first kappa shape index (κ1) is 18.1. The molecule has 1 aliphatic rings. The summed E-state index contributed by atoms with van der Waals surface area (Å²) in [5.41, 5.74) is 3.89. The highest BCUT2D eigenvalue weighted by Crippen LogP contribution is 2.32. The molecule has 142 valence electrons. The maximum absolute atomic E-state index is 12.6. The molecule has 0 bridgehead atoms. The number of aryl methyl sites for hydroxylation is 1. The molecule has 6 nitrogen and oxygen atoms in total. The van der Waals surface area contributed by atoms with Crippen LogP contribution in [0.25, 0.3) is 11.4 Å². The van der Waals surface area contributed by atoms with Crippen LogP contribution in [0.15, 0.2) is 54.9 Å². The van der Waals surface area contributed by atoms with Crippen molar-refractivity contribution in [1.29, 1.82) is 0 Å². The van der Waals surface area contributed by atoms with Crippen LogP contribution < -0.4 is 4.90 Å². The summed E-state index contributed by atoms with van der Waals surface area (Å²) in [6.45, 7) is 5.37. The van der Waals surface area contributed by atoms with Crippen LogP contribution in [0, 0.1) is 6.92 Å². The van der Waals surface area contributed by atoms with E-state index < -0.39 is 0 Å². The Balaban J connectivity index is 1.72. The Morgan fingerprint density at radius 1 is 1.21 bits per heavy atom. The quantitative estimate of drug-likeness (QED) is 0.651. The molecule has 0 N–H and O–H groups in total. The van der Waals surface area contributed by atoms with Crippen LogP contribution in [0.3, 0.4) is 0 Å².